The molecule has 0 aliphatic heterocycles. The van der Waals surface area contributed by atoms with Crippen molar-refractivity contribution in [3.05, 3.63) is 84.1 Å². The molecule has 2 aromatic carbocycles. The van der Waals surface area contributed by atoms with Crippen LogP contribution >= 0.6 is 0 Å². The first kappa shape index (κ1) is 28.4. The number of aliphatic imine (C=N–C) groups is 1. The molecular formula is C31H45N3O. The van der Waals surface area contributed by atoms with Gasteiger partial charge in [0.2, 0.25) is 0 Å². The molecule has 0 fully saturated rings. The third-order valence-corrected chi connectivity index (χ3v) is 6.49. The van der Waals surface area contributed by atoms with E-state index < -0.39 is 0 Å². The van der Waals surface area contributed by atoms with Gasteiger partial charge in [0.1, 0.15) is 5.75 Å². The van der Waals surface area contributed by atoms with Gasteiger partial charge in [-0.3, -0.25) is 4.99 Å². The fraction of sp³-hybridized carbons (Fsp3) is 0.452. The van der Waals surface area contributed by atoms with Crippen LogP contribution in [0.25, 0.3) is 5.70 Å². The summed E-state index contributed by atoms with van der Waals surface area (Å²) >= 11 is 0. The summed E-state index contributed by atoms with van der Waals surface area (Å²) in [7, 11) is 1.96. The van der Waals surface area contributed by atoms with Crippen LogP contribution in [-0.4, -0.2) is 25.4 Å². The molecule has 0 aliphatic carbocycles. The number of hydrogen-bond acceptors (Lipinski definition) is 4. The van der Waals surface area contributed by atoms with E-state index in [-0.39, 0.29) is 6.04 Å². The highest BCUT2D eigenvalue weighted by atomic mass is 16.5. The molecule has 2 atom stereocenters. The van der Waals surface area contributed by atoms with E-state index in [1.807, 2.05) is 37.4 Å². The lowest BCUT2D eigenvalue weighted by Gasteiger charge is -2.15. The molecule has 2 unspecified atom stereocenters. The Labute approximate surface area is 213 Å². The Kier molecular flexibility index (Phi) is 12.9. The van der Waals surface area contributed by atoms with Crippen LogP contribution in [0.2, 0.25) is 0 Å². The molecule has 35 heavy (non-hydrogen) atoms. The Morgan fingerprint density at radius 1 is 1.00 bits per heavy atom. The molecule has 0 amide bonds. The van der Waals surface area contributed by atoms with Crippen molar-refractivity contribution < 1.29 is 4.74 Å². The van der Waals surface area contributed by atoms with E-state index in [1.54, 1.807) is 6.20 Å². The molecular weight excluding hydrogens is 430 g/mol. The minimum Gasteiger partial charge on any atom is -0.494 e. The standard InChI is InChI=1S/C31H45N3O/c1-6-9-10-11-12-21-35-29-19-17-26(18-20-29)30(32)23-34-31(24(4)7-2)27-15-13-25(14-16-27)22-28(8-3)33-5/h8,13-20,23-24,28,33H,3,6-7,9-12,21-22,32H2,1-2,4-5H3/b30-23-,34-31?. The maximum absolute atomic E-state index is 6.39. The van der Waals surface area contributed by atoms with Crippen LogP contribution in [0, 0.1) is 5.92 Å². The van der Waals surface area contributed by atoms with Gasteiger partial charge in [-0.1, -0.05) is 76.8 Å². The molecule has 0 aliphatic rings. The lowest BCUT2D eigenvalue weighted by Crippen LogP contribution is -2.24. The van der Waals surface area contributed by atoms with Gasteiger partial charge in [-0.05, 0) is 73.2 Å². The van der Waals surface area contributed by atoms with Crippen LogP contribution in [0.5, 0.6) is 5.75 Å². The monoisotopic (exact) mass is 475 g/mol. The number of benzene rings is 2. The second-order valence-electron chi connectivity index (χ2n) is 9.23. The summed E-state index contributed by atoms with van der Waals surface area (Å²) in [6.45, 7) is 11.3. The minimum atomic E-state index is 0.272. The largest absolute Gasteiger partial charge is 0.494 e. The van der Waals surface area contributed by atoms with E-state index in [4.69, 9.17) is 15.5 Å². The lowest BCUT2D eigenvalue weighted by molar-refractivity contribution is 0.304. The smallest absolute Gasteiger partial charge is 0.119 e. The Hall–Kier alpha value is -2.85. The fourth-order valence-electron chi connectivity index (χ4n) is 3.90. The van der Waals surface area contributed by atoms with Crippen LogP contribution in [0.1, 0.15) is 76.0 Å². The highest BCUT2D eigenvalue weighted by Crippen LogP contribution is 2.19. The molecule has 3 N–H and O–H groups in total. The summed E-state index contributed by atoms with van der Waals surface area (Å²) in [5, 5.41) is 3.26. The van der Waals surface area contributed by atoms with Crippen molar-refractivity contribution >= 4 is 11.4 Å². The van der Waals surface area contributed by atoms with E-state index >= 15 is 0 Å². The molecule has 0 saturated carbocycles. The normalized spacial score (nSPS) is 13.9. The van der Waals surface area contributed by atoms with Gasteiger partial charge in [-0.15, -0.1) is 6.58 Å². The SMILES string of the molecule is C=CC(Cc1ccc(C(=N/C=C(\N)c2ccc(OCCCCCCC)cc2)C(C)CC)cc1)NC. The second-order valence-corrected chi connectivity index (χ2v) is 9.23. The average Bonchev–Trinajstić information content (AvgIpc) is 2.90. The molecule has 0 radical (unpaired) electrons. The summed E-state index contributed by atoms with van der Waals surface area (Å²) in [5.74, 6) is 1.22. The molecule has 2 rings (SSSR count). The van der Waals surface area contributed by atoms with Gasteiger partial charge in [0.15, 0.2) is 0 Å². The van der Waals surface area contributed by atoms with E-state index in [0.29, 0.717) is 11.6 Å². The summed E-state index contributed by atoms with van der Waals surface area (Å²) in [5.41, 5.74) is 11.4. The number of ether oxygens (including phenoxy) is 1. The molecule has 0 spiro atoms. The summed E-state index contributed by atoms with van der Waals surface area (Å²) < 4.78 is 5.87. The predicted octanol–water partition coefficient (Wildman–Crippen LogP) is 7.14. The Morgan fingerprint density at radius 3 is 2.26 bits per heavy atom. The zero-order valence-electron chi connectivity index (χ0n) is 22.2. The second kappa shape index (κ2) is 15.9. The number of nitrogens with one attached hydrogen (secondary N) is 1. The quantitative estimate of drug-likeness (QED) is 0.154. The number of nitrogens with two attached hydrogens (primary N) is 1. The number of rotatable bonds is 16. The van der Waals surface area contributed by atoms with Gasteiger partial charge >= 0.3 is 0 Å². The van der Waals surface area contributed by atoms with E-state index in [1.165, 1.54) is 31.2 Å². The van der Waals surface area contributed by atoms with Crippen LogP contribution in [0.15, 0.2) is 72.4 Å². The number of hydrogen-bond donors (Lipinski definition) is 2. The third-order valence-electron chi connectivity index (χ3n) is 6.49. The minimum absolute atomic E-state index is 0.272. The highest BCUT2D eigenvalue weighted by molar-refractivity contribution is 6.02. The molecule has 2 aromatic rings. The number of likely N-dealkylation sites (N-methyl/N-ethyl adjacent to an activating group) is 1. The van der Waals surface area contributed by atoms with Crippen molar-refractivity contribution in [3.63, 3.8) is 0 Å². The van der Waals surface area contributed by atoms with Crippen molar-refractivity contribution in [2.24, 2.45) is 16.6 Å². The van der Waals surface area contributed by atoms with E-state index in [0.717, 1.165) is 48.5 Å². The fourth-order valence-corrected chi connectivity index (χ4v) is 3.90. The summed E-state index contributed by atoms with van der Waals surface area (Å²) in [6.07, 6.45) is 11.8. The number of unbranched alkanes of at least 4 members (excludes halogenated alkanes) is 4. The van der Waals surface area contributed by atoms with Gasteiger partial charge < -0.3 is 15.8 Å². The van der Waals surface area contributed by atoms with Crippen LogP contribution in [0.4, 0.5) is 0 Å². The lowest BCUT2D eigenvalue weighted by atomic mass is 9.94. The van der Waals surface area contributed by atoms with Crippen molar-refractivity contribution in [1.29, 1.82) is 0 Å². The zero-order chi connectivity index (χ0) is 25.5. The molecule has 0 saturated heterocycles. The molecule has 4 heteroatoms. The maximum Gasteiger partial charge on any atom is 0.119 e. The average molecular weight is 476 g/mol. The summed E-state index contributed by atoms with van der Waals surface area (Å²) in [4.78, 5) is 4.84. The first-order chi connectivity index (χ1) is 17.0. The first-order valence-corrected chi connectivity index (χ1v) is 13.2. The Balaban J connectivity index is 2.07. The van der Waals surface area contributed by atoms with Gasteiger partial charge in [0, 0.05) is 6.04 Å². The Morgan fingerprint density at radius 2 is 1.66 bits per heavy atom. The van der Waals surface area contributed by atoms with E-state index in [2.05, 4.69) is 56.9 Å². The molecule has 0 aromatic heterocycles. The van der Waals surface area contributed by atoms with Crippen molar-refractivity contribution in [2.45, 2.75) is 71.8 Å². The highest BCUT2D eigenvalue weighted by Gasteiger charge is 2.12. The first-order valence-electron chi connectivity index (χ1n) is 13.2. The molecule has 0 bridgehead atoms. The molecule has 4 nitrogen and oxygen atoms in total. The number of nitrogens with zero attached hydrogens (tertiary/aromatic N) is 1. The van der Waals surface area contributed by atoms with E-state index in [9.17, 15) is 0 Å². The summed E-state index contributed by atoms with van der Waals surface area (Å²) in [6, 6.07) is 16.9. The van der Waals surface area contributed by atoms with Crippen LogP contribution in [-0.2, 0) is 6.42 Å². The topological polar surface area (TPSA) is 59.6 Å². The predicted molar refractivity (Wildman–Crippen MR) is 152 cm³/mol. The van der Waals surface area contributed by atoms with Crippen molar-refractivity contribution in [2.75, 3.05) is 13.7 Å². The van der Waals surface area contributed by atoms with Crippen LogP contribution < -0.4 is 15.8 Å². The van der Waals surface area contributed by atoms with Gasteiger partial charge in [0.25, 0.3) is 0 Å². The van der Waals surface area contributed by atoms with Crippen molar-refractivity contribution in [1.82, 2.24) is 5.32 Å². The molecule has 190 valence electrons. The van der Waals surface area contributed by atoms with Gasteiger partial charge in [-0.25, -0.2) is 0 Å². The van der Waals surface area contributed by atoms with Crippen molar-refractivity contribution in [3.8, 4) is 5.75 Å². The van der Waals surface area contributed by atoms with Gasteiger partial charge in [0.05, 0.1) is 24.2 Å². The molecule has 0 heterocycles. The zero-order valence-corrected chi connectivity index (χ0v) is 22.2. The van der Waals surface area contributed by atoms with Gasteiger partial charge in [-0.2, -0.15) is 0 Å². The van der Waals surface area contributed by atoms with Crippen LogP contribution in [0.3, 0.4) is 0 Å². The third kappa shape index (κ3) is 9.73. The Bertz CT molecular complexity index is 929. The maximum atomic E-state index is 6.39.